The molecule has 0 aromatic rings. The Bertz CT molecular complexity index is 189. The third-order valence-corrected chi connectivity index (χ3v) is 2.88. The summed E-state index contributed by atoms with van der Waals surface area (Å²) >= 11 is 0. The fourth-order valence-corrected chi connectivity index (χ4v) is 1.98. The lowest BCUT2D eigenvalue weighted by Crippen LogP contribution is -2.37. The highest BCUT2D eigenvalue weighted by molar-refractivity contribution is 4.73. The van der Waals surface area contributed by atoms with Crippen LogP contribution in [0.15, 0.2) is 0 Å². The molecule has 3 nitrogen and oxygen atoms in total. The second-order valence-electron chi connectivity index (χ2n) is 5.88. The highest BCUT2D eigenvalue weighted by Gasteiger charge is 2.20. The zero-order valence-electron chi connectivity index (χ0n) is 11.3. The molecule has 0 aliphatic carbocycles. The number of hydrogen-bond acceptors (Lipinski definition) is 3. The predicted octanol–water partition coefficient (Wildman–Crippen LogP) is 1.92. The van der Waals surface area contributed by atoms with Crippen molar-refractivity contribution in [2.45, 2.75) is 64.7 Å². The third-order valence-electron chi connectivity index (χ3n) is 2.88. The van der Waals surface area contributed by atoms with Crippen molar-refractivity contribution in [3.8, 4) is 0 Å². The Kier molecular flexibility index (Phi) is 5.73. The number of rotatable bonds is 6. The largest absolute Gasteiger partial charge is 0.374 e. The van der Waals surface area contributed by atoms with Crippen LogP contribution in [0.5, 0.6) is 0 Å². The van der Waals surface area contributed by atoms with E-state index in [9.17, 15) is 0 Å². The SMILES string of the molecule is CC1CCC(CNCCCNC(C)(C)C)O1. The molecule has 2 N–H and O–H groups in total. The van der Waals surface area contributed by atoms with Gasteiger partial charge in [-0.05, 0) is 60.0 Å². The summed E-state index contributed by atoms with van der Waals surface area (Å²) in [4.78, 5) is 0. The first-order valence-electron chi connectivity index (χ1n) is 6.58. The van der Waals surface area contributed by atoms with Gasteiger partial charge in [-0.1, -0.05) is 0 Å². The Morgan fingerprint density at radius 1 is 1.19 bits per heavy atom. The van der Waals surface area contributed by atoms with Crippen LogP contribution in [0.2, 0.25) is 0 Å². The molecule has 2 unspecified atom stereocenters. The molecule has 1 saturated heterocycles. The summed E-state index contributed by atoms with van der Waals surface area (Å²) in [5.74, 6) is 0. The Labute approximate surface area is 100 Å². The van der Waals surface area contributed by atoms with E-state index in [1.807, 2.05) is 0 Å². The average molecular weight is 228 g/mol. The van der Waals surface area contributed by atoms with Gasteiger partial charge in [-0.25, -0.2) is 0 Å². The first kappa shape index (κ1) is 13.9. The third kappa shape index (κ3) is 6.46. The van der Waals surface area contributed by atoms with E-state index in [0.717, 1.165) is 19.6 Å². The first-order chi connectivity index (χ1) is 7.47. The van der Waals surface area contributed by atoms with Crippen molar-refractivity contribution in [2.75, 3.05) is 19.6 Å². The van der Waals surface area contributed by atoms with Gasteiger partial charge in [-0.2, -0.15) is 0 Å². The quantitative estimate of drug-likeness (QED) is 0.682. The van der Waals surface area contributed by atoms with Gasteiger partial charge in [0.1, 0.15) is 0 Å². The fourth-order valence-electron chi connectivity index (χ4n) is 1.98. The molecular weight excluding hydrogens is 200 g/mol. The molecule has 96 valence electrons. The molecule has 0 aromatic carbocycles. The summed E-state index contributed by atoms with van der Waals surface area (Å²) in [6, 6.07) is 0. The van der Waals surface area contributed by atoms with Crippen LogP contribution in [0, 0.1) is 0 Å². The zero-order valence-corrected chi connectivity index (χ0v) is 11.3. The van der Waals surface area contributed by atoms with E-state index in [-0.39, 0.29) is 5.54 Å². The van der Waals surface area contributed by atoms with Gasteiger partial charge in [0.15, 0.2) is 0 Å². The minimum absolute atomic E-state index is 0.240. The van der Waals surface area contributed by atoms with E-state index < -0.39 is 0 Å². The predicted molar refractivity (Wildman–Crippen MR) is 68.8 cm³/mol. The molecule has 1 rings (SSSR count). The van der Waals surface area contributed by atoms with Gasteiger partial charge in [-0.15, -0.1) is 0 Å². The smallest absolute Gasteiger partial charge is 0.0704 e. The van der Waals surface area contributed by atoms with Crippen LogP contribution in [0.4, 0.5) is 0 Å². The second kappa shape index (κ2) is 6.58. The van der Waals surface area contributed by atoms with Crippen molar-refractivity contribution < 1.29 is 4.74 Å². The van der Waals surface area contributed by atoms with Crippen LogP contribution < -0.4 is 10.6 Å². The molecule has 1 aliphatic rings. The molecule has 0 amide bonds. The molecule has 3 heteroatoms. The zero-order chi connectivity index (χ0) is 12.0. The molecule has 1 heterocycles. The van der Waals surface area contributed by atoms with Gasteiger partial charge >= 0.3 is 0 Å². The minimum Gasteiger partial charge on any atom is -0.374 e. The van der Waals surface area contributed by atoms with Crippen molar-refractivity contribution in [1.82, 2.24) is 10.6 Å². The molecule has 0 bridgehead atoms. The minimum atomic E-state index is 0.240. The van der Waals surface area contributed by atoms with E-state index in [4.69, 9.17) is 4.74 Å². The monoisotopic (exact) mass is 228 g/mol. The Balaban J connectivity index is 1.89. The maximum atomic E-state index is 5.74. The maximum Gasteiger partial charge on any atom is 0.0704 e. The Morgan fingerprint density at radius 2 is 1.94 bits per heavy atom. The second-order valence-corrected chi connectivity index (χ2v) is 5.88. The van der Waals surface area contributed by atoms with Crippen molar-refractivity contribution >= 4 is 0 Å². The van der Waals surface area contributed by atoms with Gasteiger partial charge < -0.3 is 15.4 Å². The summed E-state index contributed by atoms with van der Waals surface area (Å²) in [6.45, 7) is 11.9. The molecule has 1 fully saturated rings. The highest BCUT2D eigenvalue weighted by Crippen LogP contribution is 2.17. The maximum absolute atomic E-state index is 5.74. The normalized spacial score (nSPS) is 26.2. The van der Waals surface area contributed by atoms with Crippen molar-refractivity contribution in [3.63, 3.8) is 0 Å². The summed E-state index contributed by atoms with van der Waals surface area (Å²) < 4.78 is 5.74. The summed E-state index contributed by atoms with van der Waals surface area (Å²) in [5.41, 5.74) is 0.240. The number of nitrogens with one attached hydrogen (secondary N) is 2. The topological polar surface area (TPSA) is 33.3 Å². The standard InChI is InChI=1S/C13H28N2O/c1-11-6-7-12(16-11)10-14-8-5-9-15-13(2,3)4/h11-12,14-15H,5-10H2,1-4H3. The van der Waals surface area contributed by atoms with Gasteiger partial charge in [-0.3, -0.25) is 0 Å². The summed E-state index contributed by atoms with van der Waals surface area (Å²) in [5, 5.41) is 6.96. The lowest BCUT2D eigenvalue weighted by atomic mass is 10.1. The van der Waals surface area contributed by atoms with E-state index in [2.05, 4.69) is 38.3 Å². The molecular formula is C13H28N2O. The fraction of sp³-hybridized carbons (Fsp3) is 1.00. The number of hydrogen-bond donors (Lipinski definition) is 2. The van der Waals surface area contributed by atoms with Crippen LogP contribution in [0.3, 0.4) is 0 Å². The molecule has 2 atom stereocenters. The molecule has 0 aromatic heterocycles. The molecule has 0 spiro atoms. The van der Waals surface area contributed by atoms with Gasteiger partial charge in [0, 0.05) is 12.1 Å². The summed E-state index contributed by atoms with van der Waals surface area (Å²) in [6.07, 6.45) is 4.53. The van der Waals surface area contributed by atoms with Gasteiger partial charge in [0.25, 0.3) is 0 Å². The van der Waals surface area contributed by atoms with Crippen LogP contribution in [-0.4, -0.2) is 37.4 Å². The highest BCUT2D eigenvalue weighted by atomic mass is 16.5. The van der Waals surface area contributed by atoms with Crippen molar-refractivity contribution in [3.05, 3.63) is 0 Å². The summed E-state index contributed by atoms with van der Waals surface area (Å²) in [7, 11) is 0. The van der Waals surface area contributed by atoms with Crippen LogP contribution in [0.25, 0.3) is 0 Å². The Hall–Kier alpha value is -0.120. The molecule has 0 radical (unpaired) electrons. The van der Waals surface area contributed by atoms with E-state index in [1.165, 1.54) is 19.3 Å². The van der Waals surface area contributed by atoms with E-state index >= 15 is 0 Å². The van der Waals surface area contributed by atoms with Crippen LogP contribution in [0.1, 0.15) is 47.0 Å². The lowest BCUT2D eigenvalue weighted by molar-refractivity contribution is 0.0561. The van der Waals surface area contributed by atoms with E-state index in [0.29, 0.717) is 12.2 Å². The van der Waals surface area contributed by atoms with Gasteiger partial charge in [0.05, 0.1) is 12.2 Å². The average Bonchev–Trinajstić information content (AvgIpc) is 2.56. The molecule has 16 heavy (non-hydrogen) atoms. The van der Waals surface area contributed by atoms with Crippen LogP contribution in [-0.2, 0) is 4.74 Å². The first-order valence-corrected chi connectivity index (χ1v) is 6.58. The Morgan fingerprint density at radius 3 is 2.50 bits per heavy atom. The van der Waals surface area contributed by atoms with Crippen LogP contribution >= 0.6 is 0 Å². The van der Waals surface area contributed by atoms with E-state index in [1.54, 1.807) is 0 Å². The molecule has 0 saturated carbocycles. The lowest BCUT2D eigenvalue weighted by Gasteiger charge is -2.20. The van der Waals surface area contributed by atoms with Gasteiger partial charge in [0.2, 0.25) is 0 Å². The number of ether oxygens (including phenoxy) is 1. The van der Waals surface area contributed by atoms with Crippen molar-refractivity contribution in [2.24, 2.45) is 0 Å². The molecule has 1 aliphatic heterocycles. The van der Waals surface area contributed by atoms with Crippen molar-refractivity contribution in [1.29, 1.82) is 0 Å².